The number of amides is 3. The van der Waals surface area contributed by atoms with Crippen LogP contribution in [0.2, 0.25) is 0 Å². The van der Waals surface area contributed by atoms with Crippen molar-refractivity contribution in [3.8, 4) is 0 Å². The predicted molar refractivity (Wildman–Crippen MR) is 121 cm³/mol. The predicted octanol–water partition coefficient (Wildman–Crippen LogP) is -0.510. The van der Waals surface area contributed by atoms with Crippen LogP contribution in [0.4, 0.5) is 9.59 Å². The number of hydrogen-bond donors (Lipinski definition) is 1. The molecule has 3 aliphatic heterocycles. The summed E-state index contributed by atoms with van der Waals surface area (Å²) in [5.74, 6) is -0.00928. The number of allylic oxidation sites excluding steroid dienone is 1. The summed E-state index contributed by atoms with van der Waals surface area (Å²) in [7, 11) is 1.31. The zero-order valence-corrected chi connectivity index (χ0v) is 21.8. The van der Waals surface area contributed by atoms with Crippen molar-refractivity contribution in [1.82, 2.24) is 20.1 Å². The maximum absolute atomic E-state index is 12.9. The third kappa shape index (κ3) is 5.54. The van der Waals surface area contributed by atoms with Gasteiger partial charge in [-0.1, -0.05) is 6.07 Å². The topological polar surface area (TPSA) is 101 Å². The van der Waals surface area contributed by atoms with Gasteiger partial charge in [0.2, 0.25) is 0 Å². The number of ether oxygens (including phenoxy) is 2. The number of methoxy groups -OCH3 is 1. The molecule has 0 saturated carbocycles. The van der Waals surface area contributed by atoms with Crippen molar-refractivity contribution in [3.05, 3.63) is 41.4 Å². The molecule has 3 amide bonds. The van der Waals surface area contributed by atoms with E-state index in [4.69, 9.17) is 9.47 Å². The number of likely N-dealkylation sites (tertiary alicyclic amines) is 1. The Morgan fingerprint density at radius 3 is 2.62 bits per heavy atom. The van der Waals surface area contributed by atoms with Gasteiger partial charge < -0.3 is 0 Å². The minimum absolute atomic E-state index is 0.154. The molecule has 2 atom stereocenters. The Kier molecular flexibility index (Phi) is 8.41. The van der Waals surface area contributed by atoms with Crippen molar-refractivity contribution in [1.29, 1.82) is 0 Å². The number of alkyl halides is 2. The summed E-state index contributed by atoms with van der Waals surface area (Å²) in [6.45, 7) is 4.71. The zero-order chi connectivity index (χ0) is 24.1. The Morgan fingerprint density at radius 1 is 1.24 bits per heavy atom. The van der Waals surface area contributed by atoms with Crippen LogP contribution in [-0.2, 0) is 14.3 Å². The van der Waals surface area contributed by atoms with Crippen LogP contribution >= 0.6 is 0 Å². The van der Waals surface area contributed by atoms with Crippen LogP contribution in [-0.4, -0.2) is 80.6 Å². The summed E-state index contributed by atoms with van der Waals surface area (Å²) in [5, 5.41) is 2.63. The van der Waals surface area contributed by atoms with Crippen molar-refractivity contribution >= 4 is 18.1 Å². The van der Waals surface area contributed by atoms with E-state index in [9.17, 15) is 14.4 Å². The SMILES string of the molecule is COC(=O)C1=C(C)NC(=O)N(C(=O)OCCCN2CCC(c3ccccn3)CC2)C1C1CC[I-]1. The number of halogens is 1. The second-order valence-electron chi connectivity index (χ2n) is 8.76. The summed E-state index contributed by atoms with van der Waals surface area (Å²) >= 11 is -0.179. The van der Waals surface area contributed by atoms with Gasteiger partial charge in [0.15, 0.2) is 0 Å². The molecule has 2 fully saturated rings. The van der Waals surface area contributed by atoms with Crippen molar-refractivity contribution in [2.75, 3.05) is 37.8 Å². The third-order valence-corrected chi connectivity index (χ3v) is 10.3. The number of imide groups is 1. The molecule has 1 aromatic heterocycles. The number of carbonyl (C=O) groups excluding carboxylic acids is 3. The maximum atomic E-state index is 12.9. The molecule has 3 aliphatic rings. The third-order valence-electron chi connectivity index (χ3n) is 6.67. The number of hydrogen-bond acceptors (Lipinski definition) is 7. The molecular formula is C24H32IN4O5-. The molecule has 186 valence electrons. The molecule has 0 aromatic carbocycles. The molecular weight excluding hydrogens is 551 g/mol. The molecule has 1 aromatic rings. The Labute approximate surface area is 210 Å². The summed E-state index contributed by atoms with van der Waals surface area (Å²) < 4.78 is 11.7. The van der Waals surface area contributed by atoms with Crippen LogP contribution in [0.1, 0.15) is 44.2 Å². The zero-order valence-electron chi connectivity index (χ0n) is 19.7. The fourth-order valence-corrected chi connectivity index (χ4v) is 7.26. The van der Waals surface area contributed by atoms with Crippen LogP contribution in [0.3, 0.4) is 0 Å². The van der Waals surface area contributed by atoms with Crippen LogP contribution < -0.4 is 26.5 Å². The van der Waals surface area contributed by atoms with Gasteiger partial charge in [-0.3, -0.25) is 4.98 Å². The van der Waals surface area contributed by atoms with E-state index in [1.54, 1.807) is 6.92 Å². The number of pyridine rings is 1. The van der Waals surface area contributed by atoms with Gasteiger partial charge in [-0.2, -0.15) is 0 Å². The van der Waals surface area contributed by atoms with Gasteiger partial charge >= 0.3 is 176 Å². The van der Waals surface area contributed by atoms with Gasteiger partial charge in [0.1, 0.15) is 0 Å². The molecule has 2 saturated heterocycles. The number of rotatable bonds is 7. The fourth-order valence-electron chi connectivity index (χ4n) is 4.75. The number of piperidine rings is 1. The van der Waals surface area contributed by atoms with Gasteiger partial charge in [-0.25, -0.2) is 0 Å². The molecule has 4 rings (SSSR count). The average molecular weight is 583 g/mol. The second kappa shape index (κ2) is 11.5. The number of urea groups is 1. The fraction of sp³-hybridized carbons (Fsp3) is 0.583. The van der Waals surface area contributed by atoms with Gasteiger partial charge in [-0.15, -0.1) is 0 Å². The quantitative estimate of drug-likeness (QED) is 0.200. The molecule has 0 radical (unpaired) electrons. The standard InChI is InChI=1S/C24H32IN4O5/c1-16-20(22(30)33-2)21(18-7-10-25-18)29(23(31)27-16)24(32)34-15-5-12-28-13-8-17(9-14-28)19-6-3-4-11-26-19/h3-4,6,11,17-18,21H,5,7-10,12-15H2,1-2H3,(H,27,31)/q-1. The number of nitrogens with zero attached hydrogens (tertiary/aromatic N) is 3. The van der Waals surface area contributed by atoms with Gasteiger partial charge in [0.05, 0.1) is 0 Å². The molecule has 4 heterocycles. The molecule has 0 bridgehead atoms. The summed E-state index contributed by atoms with van der Waals surface area (Å²) in [6.07, 6.45) is 4.88. The van der Waals surface area contributed by atoms with E-state index in [1.807, 2.05) is 18.3 Å². The molecule has 34 heavy (non-hydrogen) atoms. The molecule has 10 heteroatoms. The van der Waals surface area contributed by atoms with E-state index in [0.717, 1.165) is 53.9 Å². The second-order valence-corrected chi connectivity index (χ2v) is 12.3. The Bertz CT molecular complexity index is 929. The first-order valence-corrected chi connectivity index (χ1v) is 14.5. The first-order valence-electron chi connectivity index (χ1n) is 11.8. The van der Waals surface area contributed by atoms with E-state index in [0.29, 0.717) is 23.6 Å². The monoisotopic (exact) mass is 583 g/mol. The van der Waals surface area contributed by atoms with Crippen LogP contribution in [0.5, 0.6) is 0 Å². The van der Waals surface area contributed by atoms with Gasteiger partial charge in [-0.05, 0) is 12.1 Å². The van der Waals surface area contributed by atoms with Crippen molar-refractivity contribution in [2.45, 2.75) is 48.5 Å². The molecule has 9 nitrogen and oxygen atoms in total. The average Bonchev–Trinajstić information content (AvgIpc) is 2.81. The molecule has 1 N–H and O–H groups in total. The van der Waals surface area contributed by atoms with Crippen LogP contribution in [0, 0.1) is 0 Å². The summed E-state index contributed by atoms with van der Waals surface area (Å²) in [4.78, 5) is 46.1. The molecule has 2 unspecified atom stereocenters. The van der Waals surface area contributed by atoms with Crippen molar-refractivity contribution in [3.63, 3.8) is 0 Å². The van der Waals surface area contributed by atoms with E-state index in [2.05, 4.69) is 21.3 Å². The first-order chi connectivity index (χ1) is 16.5. The first kappa shape index (κ1) is 24.9. The summed E-state index contributed by atoms with van der Waals surface area (Å²) in [6, 6.07) is 4.94. The van der Waals surface area contributed by atoms with E-state index >= 15 is 0 Å². The van der Waals surface area contributed by atoms with E-state index in [1.165, 1.54) is 7.11 Å². The number of esters is 1. The number of carbonyl (C=O) groups is 3. The normalized spacial score (nSPS) is 24.1. The number of aromatic nitrogens is 1. The number of nitrogens with one attached hydrogen (secondary N) is 1. The minimum atomic E-state index is -0.693. The molecule has 0 aliphatic carbocycles. The van der Waals surface area contributed by atoms with Crippen LogP contribution in [0.25, 0.3) is 0 Å². The van der Waals surface area contributed by atoms with E-state index < -0.39 is 24.1 Å². The Morgan fingerprint density at radius 2 is 2.00 bits per heavy atom. The van der Waals surface area contributed by atoms with E-state index in [-0.39, 0.29) is 31.7 Å². The van der Waals surface area contributed by atoms with Crippen LogP contribution in [0.15, 0.2) is 35.7 Å². The van der Waals surface area contributed by atoms with Gasteiger partial charge in [0, 0.05) is 11.9 Å². The Hall–Kier alpha value is -2.21. The van der Waals surface area contributed by atoms with Crippen molar-refractivity contribution in [2.24, 2.45) is 0 Å². The van der Waals surface area contributed by atoms with Gasteiger partial charge in [0.25, 0.3) is 0 Å². The summed E-state index contributed by atoms with van der Waals surface area (Å²) in [5.41, 5.74) is 1.98. The van der Waals surface area contributed by atoms with Crippen molar-refractivity contribution < 1.29 is 45.1 Å². The Balaban J connectivity index is 1.28. The molecule has 0 spiro atoms.